The summed E-state index contributed by atoms with van der Waals surface area (Å²) in [5.41, 5.74) is 1.28. The van der Waals surface area contributed by atoms with Crippen LogP contribution in [-0.2, 0) is 17.8 Å². The number of fused-ring (bicyclic) bond motifs is 1. The topological polar surface area (TPSA) is 60.2 Å². The van der Waals surface area contributed by atoms with E-state index in [-0.39, 0.29) is 5.91 Å². The van der Waals surface area contributed by atoms with Crippen LogP contribution in [0.4, 0.5) is 0 Å². The number of hydrogen-bond acceptors (Lipinski definition) is 4. The number of para-hydroxylation sites is 1. The SMILES string of the molecule is O=C(CCCn1cncn1)N1CCCCCCCc2ccccc2OCC1. The molecule has 0 spiro atoms. The Morgan fingerprint density at radius 3 is 2.81 bits per heavy atom. The minimum Gasteiger partial charge on any atom is -0.491 e. The molecule has 2 aromatic rings. The maximum atomic E-state index is 12.7. The molecule has 1 aliphatic rings. The molecule has 6 nitrogen and oxygen atoms in total. The van der Waals surface area contributed by atoms with Crippen LogP contribution in [0, 0.1) is 0 Å². The Morgan fingerprint density at radius 1 is 1.07 bits per heavy atom. The number of hydrogen-bond donors (Lipinski definition) is 0. The second-order valence-corrected chi connectivity index (χ2v) is 7.12. The summed E-state index contributed by atoms with van der Waals surface area (Å²) in [6.07, 6.45) is 11.5. The van der Waals surface area contributed by atoms with Crippen molar-refractivity contribution in [3.8, 4) is 5.75 Å². The zero-order valence-corrected chi connectivity index (χ0v) is 16.1. The van der Waals surface area contributed by atoms with Crippen LogP contribution >= 0.6 is 0 Å². The number of aryl methyl sites for hydroxylation is 2. The average molecular weight is 370 g/mol. The number of ether oxygens (including phenoxy) is 1. The molecule has 3 rings (SSSR count). The second kappa shape index (κ2) is 10.7. The summed E-state index contributed by atoms with van der Waals surface area (Å²) in [6, 6.07) is 8.29. The molecule has 0 atom stereocenters. The molecule has 0 saturated heterocycles. The van der Waals surface area contributed by atoms with Gasteiger partial charge in [0.05, 0.1) is 6.54 Å². The van der Waals surface area contributed by atoms with E-state index in [1.165, 1.54) is 37.6 Å². The summed E-state index contributed by atoms with van der Waals surface area (Å²) in [7, 11) is 0. The lowest BCUT2D eigenvalue weighted by molar-refractivity contribution is -0.131. The fourth-order valence-corrected chi connectivity index (χ4v) is 3.53. The van der Waals surface area contributed by atoms with Gasteiger partial charge < -0.3 is 9.64 Å². The normalized spacial score (nSPS) is 16.4. The first-order chi connectivity index (χ1) is 13.3. The largest absolute Gasteiger partial charge is 0.491 e. The molecule has 0 unspecified atom stereocenters. The molecule has 0 fully saturated rings. The average Bonchev–Trinajstić information content (AvgIpc) is 3.20. The molecule has 0 saturated carbocycles. The van der Waals surface area contributed by atoms with Crippen LogP contribution in [0.3, 0.4) is 0 Å². The zero-order chi connectivity index (χ0) is 18.7. The number of carbonyl (C=O) groups excluding carboxylic acids is 1. The summed E-state index contributed by atoms with van der Waals surface area (Å²) in [5, 5.41) is 4.09. The molecular formula is C21H30N4O2. The highest BCUT2D eigenvalue weighted by molar-refractivity contribution is 5.76. The lowest BCUT2D eigenvalue weighted by Crippen LogP contribution is -2.35. The number of rotatable bonds is 4. The van der Waals surface area contributed by atoms with Gasteiger partial charge in [-0.05, 0) is 37.3 Å². The van der Waals surface area contributed by atoms with Gasteiger partial charge in [-0.2, -0.15) is 5.10 Å². The van der Waals surface area contributed by atoms with E-state index in [0.29, 0.717) is 19.6 Å². The summed E-state index contributed by atoms with van der Waals surface area (Å²) >= 11 is 0. The molecule has 0 aliphatic carbocycles. The molecule has 0 bridgehead atoms. The first-order valence-corrected chi connectivity index (χ1v) is 10.1. The standard InChI is InChI=1S/C21H30N4O2/c26-21(12-8-14-25-18-22-17-23-25)24-13-7-3-1-2-4-9-19-10-5-6-11-20(19)27-16-15-24/h5-6,10-11,17-18H,1-4,7-9,12-16H2. The van der Waals surface area contributed by atoms with Crippen molar-refractivity contribution in [3.05, 3.63) is 42.5 Å². The van der Waals surface area contributed by atoms with Gasteiger partial charge in [0.2, 0.25) is 5.91 Å². The quantitative estimate of drug-likeness (QED) is 0.827. The van der Waals surface area contributed by atoms with Gasteiger partial charge in [0.15, 0.2) is 0 Å². The van der Waals surface area contributed by atoms with Crippen LogP contribution in [-0.4, -0.2) is 45.3 Å². The Labute approximate surface area is 161 Å². The zero-order valence-electron chi connectivity index (χ0n) is 16.1. The van der Waals surface area contributed by atoms with Gasteiger partial charge in [0.25, 0.3) is 0 Å². The van der Waals surface area contributed by atoms with Gasteiger partial charge >= 0.3 is 0 Å². The van der Waals surface area contributed by atoms with E-state index in [4.69, 9.17) is 4.74 Å². The van der Waals surface area contributed by atoms with Gasteiger partial charge in [-0.3, -0.25) is 9.48 Å². The molecule has 27 heavy (non-hydrogen) atoms. The van der Waals surface area contributed by atoms with Crippen LogP contribution in [0.2, 0.25) is 0 Å². The Kier molecular flexibility index (Phi) is 7.69. The van der Waals surface area contributed by atoms with Gasteiger partial charge in [-0.25, -0.2) is 4.98 Å². The molecule has 1 amide bonds. The van der Waals surface area contributed by atoms with Crippen LogP contribution in [0.1, 0.15) is 50.5 Å². The number of benzene rings is 1. The van der Waals surface area contributed by atoms with Crippen molar-refractivity contribution in [2.24, 2.45) is 0 Å². The van der Waals surface area contributed by atoms with E-state index in [2.05, 4.69) is 22.2 Å². The fraction of sp³-hybridized carbons (Fsp3) is 0.571. The molecule has 1 aromatic carbocycles. The van der Waals surface area contributed by atoms with Crippen molar-refractivity contribution < 1.29 is 9.53 Å². The second-order valence-electron chi connectivity index (χ2n) is 7.12. The molecular weight excluding hydrogens is 340 g/mol. The smallest absolute Gasteiger partial charge is 0.222 e. The number of carbonyl (C=O) groups is 1. The van der Waals surface area contributed by atoms with Crippen LogP contribution in [0.15, 0.2) is 36.9 Å². The summed E-state index contributed by atoms with van der Waals surface area (Å²) in [4.78, 5) is 18.6. The van der Waals surface area contributed by atoms with Crippen LogP contribution in [0.5, 0.6) is 5.75 Å². The van der Waals surface area contributed by atoms with E-state index < -0.39 is 0 Å². The lowest BCUT2D eigenvalue weighted by Gasteiger charge is -2.23. The van der Waals surface area contributed by atoms with Gasteiger partial charge in [0, 0.05) is 19.5 Å². The Balaban J connectivity index is 1.53. The predicted molar refractivity (Wildman–Crippen MR) is 105 cm³/mol. The fourth-order valence-electron chi connectivity index (χ4n) is 3.53. The van der Waals surface area contributed by atoms with Gasteiger partial charge in [-0.15, -0.1) is 0 Å². The van der Waals surface area contributed by atoms with E-state index in [9.17, 15) is 4.79 Å². The van der Waals surface area contributed by atoms with Gasteiger partial charge in [-0.1, -0.05) is 37.5 Å². The van der Waals surface area contributed by atoms with Crippen molar-refractivity contribution in [1.82, 2.24) is 19.7 Å². The maximum absolute atomic E-state index is 12.7. The number of amides is 1. The Bertz CT molecular complexity index is 687. The van der Waals surface area contributed by atoms with Crippen LogP contribution in [0.25, 0.3) is 0 Å². The summed E-state index contributed by atoms with van der Waals surface area (Å²) in [5.74, 6) is 1.18. The van der Waals surface area contributed by atoms with Crippen molar-refractivity contribution in [3.63, 3.8) is 0 Å². The third-order valence-electron chi connectivity index (χ3n) is 5.06. The minimum atomic E-state index is 0.210. The molecule has 6 heteroatoms. The highest BCUT2D eigenvalue weighted by atomic mass is 16.5. The van der Waals surface area contributed by atoms with Gasteiger partial charge in [0.1, 0.15) is 25.0 Å². The van der Waals surface area contributed by atoms with E-state index in [1.54, 1.807) is 11.0 Å². The first kappa shape index (κ1) is 19.4. The third kappa shape index (κ3) is 6.38. The van der Waals surface area contributed by atoms with Crippen LogP contribution < -0.4 is 4.74 Å². The summed E-state index contributed by atoms with van der Waals surface area (Å²) in [6.45, 7) is 2.75. The first-order valence-electron chi connectivity index (χ1n) is 10.1. The minimum absolute atomic E-state index is 0.210. The monoisotopic (exact) mass is 370 g/mol. The molecule has 1 aromatic heterocycles. The van der Waals surface area contributed by atoms with E-state index in [1.807, 2.05) is 17.0 Å². The number of aromatic nitrogens is 3. The predicted octanol–water partition coefficient (Wildman–Crippen LogP) is 3.47. The highest BCUT2D eigenvalue weighted by Gasteiger charge is 2.14. The third-order valence-corrected chi connectivity index (χ3v) is 5.06. The molecule has 146 valence electrons. The van der Waals surface area contributed by atoms with Crippen molar-refractivity contribution in [1.29, 1.82) is 0 Å². The molecule has 0 N–H and O–H groups in total. The maximum Gasteiger partial charge on any atom is 0.222 e. The molecule has 2 heterocycles. The number of nitrogens with zero attached hydrogens (tertiary/aromatic N) is 4. The van der Waals surface area contributed by atoms with E-state index >= 15 is 0 Å². The van der Waals surface area contributed by atoms with Crippen molar-refractivity contribution in [2.45, 2.75) is 57.9 Å². The van der Waals surface area contributed by atoms with Crippen molar-refractivity contribution in [2.75, 3.05) is 19.7 Å². The molecule has 1 aliphatic heterocycles. The Morgan fingerprint density at radius 2 is 1.93 bits per heavy atom. The summed E-state index contributed by atoms with van der Waals surface area (Å²) < 4.78 is 7.80. The Hall–Kier alpha value is -2.37. The lowest BCUT2D eigenvalue weighted by atomic mass is 10.0. The van der Waals surface area contributed by atoms with Crippen molar-refractivity contribution >= 4 is 5.91 Å². The highest BCUT2D eigenvalue weighted by Crippen LogP contribution is 2.21. The molecule has 0 radical (unpaired) electrons. The van der Waals surface area contributed by atoms with E-state index in [0.717, 1.165) is 38.1 Å².